The Bertz CT molecular complexity index is 1420. The molecule has 218 valence electrons. The molecule has 2 saturated heterocycles. The zero-order valence-electron chi connectivity index (χ0n) is 23.7. The number of carboxylic acid groups (broad SMARTS) is 1. The molecular weight excluding hydrogens is 532 g/mol. The molecule has 0 aromatic heterocycles. The Kier molecular flexibility index (Phi) is 7.73. The topological polar surface area (TPSA) is 105 Å². The minimum atomic E-state index is -1.03. The van der Waals surface area contributed by atoms with Gasteiger partial charge in [0.1, 0.15) is 12.6 Å². The SMILES string of the molecule is C[C@H](OCc1ccccc1)[C@@H](NC(=O)OCC1c2ccccc2-c2ccccc21)C(=O)N1C2CCC1(CC(=O)O)CC2. The van der Waals surface area contributed by atoms with E-state index in [-0.39, 0.29) is 37.5 Å². The van der Waals surface area contributed by atoms with Crippen molar-refractivity contribution in [3.63, 3.8) is 0 Å². The minimum absolute atomic E-state index is 0.0371. The number of carboxylic acids is 1. The van der Waals surface area contributed by atoms with E-state index >= 15 is 0 Å². The van der Waals surface area contributed by atoms with Crippen LogP contribution >= 0.6 is 0 Å². The van der Waals surface area contributed by atoms with Gasteiger partial charge in [-0.2, -0.15) is 0 Å². The van der Waals surface area contributed by atoms with Gasteiger partial charge in [-0.05, 0) is 60.4 Å². The summed E-state index contributed by atoms with van der Waals surface area (Å²) in [4.78, 5) is 41.0. The van der Waals surface area contributed by atoms with E-state index in [1.807, 2.05) is 54.6 Å². The van der Waals surface area contributed by atoms with E-state index in [4.69, 9.17) is 9.47 Å². The highest BCUT2D eigenvalue weighted by molar-refractivity contribution is 5.88. The number of carbonyl (C=O) groups is 3. The molecule has 3 aliphatic rings. The summed E-state index contributed by atoms with van der Waals surface area (Å²) in [6.07, 6.45) is 1.32. The summed E-state index contributed by atoms with van der Waals surface area (Å²) in [6.45, 7) is 2.15. The van der Waals surface area contributed by atoms with Crippen molar-refractivity contribution >= 4 is 18.0 Å². The van der Waals surface area contributed by atoms with Gasteiger partial charge in [0.25, 0.3) is 0 Å². The molecule has 2 atom stereocenters. The van der Waals surface area contributed by atoms with Gasteiger partial charge in [-0.25, -0.2) is 4.79 Å². The Morgan fingerprint density at radius 2 is 1.52 bits per heavy atom. The molecule has 2 bridgehead atoms. The molecule has 0 saturated carbocycles. The molecule has 8 heteroatoms. The van der Waals surface area contributed by atoms with Crippen LogP contribution in [0.4, 0.5) is 4.79 Å². The summed E-state index contributed by atoms with van der Waals surface area (Å²) < 4.78 is 11.9. The highest BCUT2D eigenvalue weighted by atomic mass is 16.5. The van der Waals surface area contributed by atoms with E-state index in [2.05, 4.69) is 29.6 Å². The van der Waals surface area contributed by atoms with E-state index in [1.165, 1.54) is 0 Å². The van der Waals surface area contributed by atoms with Crippen LogP contribution in [0.2, 0.25) is 0 Å². The quantitative estimate of drug-likeness (QED) is 0.335. The first-order chi connectivity index (χ1) is 20.4. The van der Waals surface area contributed by atoms with E-state index in [1.54, 1.807) is 11.8 Å². The van der Waals surface area contributed by atoms with Crippen LogP contribution in [0.5, 0.6) is 0 Å². The van der Waals surface area contributed by atoms with Crippen molar-refractivity contribution in [1.29, 1.82) is 0 Å². The van der Waals surface area contributed by atoms with Crippen LogP contribution in [-0.4, -0.2) is 58.3 Å². The Labute approximate surface area is 245 Å². The average Bonchev–Trinajstić information content (AvgIpc) is 3.64. The third-order valence-electron chi connectivity index (χ3n) is 9.19. The lowest BCUT2D eigenvalue weighted by Gasteiger charge is -2.37. The summed E-state index contributed by atoms with van der Waals surface area (Å²) in [5, 5.41) is 12.5. The molecule has 0 spiro atoms. The third-order valence-corrected chi connectivity index (χ3v) is 9.19. The van der Waals surface area contributed by atoms with Crippen LogP contribution in [0.1, 0.15) is 61.6 Å². The van der Waals surface area contributed by atoms with E-state index in [0.29, 0.717) is 12.8 Å². The maximum Gasteiger partial charge on any atom is 0.407 e. The first-order valence-electron chi connectivity index (χ1n) is 14.7. The predicted octanol–water partition coefficient (Wildman–Crippen LogP) is 5.50. The van der Waals surface area contributed by atoms with E-state index in [0.717, 1.165) is 40.7 Å². The van der Waals surface area contributed by atoms with E-state index in [9.17, 15) is 19.5 Å². The molecule has 8 nitrogen and oxygen atoms in total. The fourth-order valence-corrected chi connectivity index (χ4v) is 7.18. The summed E-state index contributed by atoms with van der Waals surface area (Å²) in [5.74, 6) is -1.35. The number of nitrogens with one attached hydrogen (secondary N) is 1. The normalized spacial score (nSPS) is 21.8. The Morgan fingerprint density at radius 1 is 0.929 bits per heavy atom. The number of hydrogen-bond donors (Lipinski definition) is 2. The van der Waals surface area contributed by atoms with Crippen LogP contribution in [0.15, 0.2) is 78.9 Å². The van der Waals surface area contributed by atoms with Gasteiger partial charge in [0, 0.05) is 12.0 Å². The molecule has 0 unspecified atom stereocenters. The van der Waals surface area contributed by atoms with Crippen LogP contribution in [0, 0.1) is 0 Å². The van der Waals surface area contributed by atoms with Crippen molar-refractivity contribution in [3.8, 4) is 11.1 Å². The van der Waals surface area contributed by atoms with Crippen LogP contribution in [-0.2, 0) is 25.7 Å². The van der Waals surface area contributed by atoms with Crippen molar-refractivity contribution in [2.45, 2.75) is 75.3 Å². The van der Waals surface area contributed by atoms with Gasteiger partial charge in [-0.15, -0.1) is 0 Å². The van der Waals surface area contributed by atoms with Gasteiger partial charge in [-0.1, -0.05) is 78.9 Å². The van der Waals surface area contributed by atoms with Gasteiger partial charge in [-0.3, -0.25) is 9.59 Å². The number of alkyl carbamates (subject to hydrolysis) is 1. The van der Waals surface area contributed by atoms with Gasteiger partial charge in [0.2, 0.25) is 5.91 Å². The van der Waals surface area contributed by atoms with E-state index < -0.39 is 29.7 Å². The summed E-state index contributed by atoms with van der Waals surface area (Å²) >= 11 is 0. The van der Waals surface area contributed by atoms with Gasteiger partial charge in [0.15, 0.2) is 0 Å². The molecule has 2 amide bonds. The molecule has 2 aliphatic heterocycles. The number of aliphatic carboxylic acids is 1. The number of amides is 2. The molecule has 2 heterocycles. The molecule has 3 aromatic rings. The Balaban J connectivity index is 1.19. The average molecular weight is 569 g/mol. The van der Waals surface area contributed by atoms with Crippen molar-refractivity contribution in [2.24, 2.45) is 0 Å². The van der Waals surface area contributed by atoms with Crippen molar-refractivity contribution < 1.29 is 29.0 Å². The van der Waals surface area contributed by atoms with Crippen molar-refractivity contribution in [1.82, 2.24) is 10.2 Å². The highest BCUT2D eigenvalue weighted by Crippen LogP contribution is 2.49. The molecule has 2 fully saturated rings. The molecule has 2 N–H and O–H groups in total. The maximum atomic E-state index is 14.2. The summed E-state index contributed by atoms with van der Waals surface area (Å²) in [6, 6.07) is 24.8. The van der Waals surface area contributed by atoms with Gasteiger partial charge >= 0.3 is 12.1 Å². The minimum Gasteiger partial charge on any atom is -0.481 e. The molecule has 42 heavy (non-hydrogen) atoms. The first-order valence-corrected chi connectivity index (χ1v) is 14.7. The summed E-state index contributed by atoms with van der Waals surface area (Å²) in [7, 11) is 0. The highest BCUT2D eigenvalue weighted by Gasteiger charge is 2.56. The zero-order valence-corrected chi connectivity index (χ0v) is 23.7. The third kappa shape index (κ3) is 5.27. The lowest BCUT2D eigenvalue weighted by atomic mass is 9.85. The number of carbonyl (C=O) groups excluding carboxylic acids is 2. The fraction of sp³-hybridized carbons (Fsp3) is 0.382. The van der Waals surface area contributed by atoms with Crippen molar-refractivity contribution in [2.75, 3.05) is 6.61 Å². The smallest absolute Gasteiger partial charge is 0.407 e. The number of fused-ring (bicyclic) bond motifs is 5. The number of benzene rings is 3. The number of nitrogens with zero attached hydrogens (tertiary/aromatic N) is 1. The van der Waals surface area contributed by atoms with Crippen LogP contribution in [0.25, 0.3) is 11.1 Å². The standard InChI is InChI=1S/C34H36N2O6/c1-22(41-20-23-9-3-2-4-10-23)31(32(39)36-24-15-17-34(36,18-16-24)19-30(37)38)35-33(40)42-21-29-27-13-7-5-11-25(27)26-12-6-8-14-28(26)29/h2-14,22,24,29,31H,15-21H2,1H3,(H,35,40)(H,37,38)/t22-,24?,31+,34?/m0/s1. The molecule has 3 aromatic carbocycles. The largest absolute Gasteiger partial charge is 0.481 e. The molecule has 0 radical (unpaired) electrons. The molecule has 1 aliphatic carbocycles. The monoisotopic (exact) mass is 568 g/mol. The molecular formula is C34H36N2O6. The summed E-state index contributed by atoms with van der Waals surface area (Å²) in [5.41, 5.74) is 4.68. The van der Waals surface area contributed by atoms with Crippen molar-refractivity contribution in [3.05, 3.63) is 95.6 Å². The lowest BCUT2D eigenvalue weighted by Crippen LogP contribution is -2.58. The number of hydrogen-bond acceptors (Lipinski definition) is 5. The predicted molar refractivity (Wildman–Crippen MR) is 157 cm³/mol. The Hall–Kier alpha value is -4.17. The van der Waals surface area contributed by atoms with Crippen LogP contribution < -0.4 is 5.32 Å². The maximum absolute atomic E-state index is 14.2. The zero-order chi connectivity index (χ0) is 29.3. The van der Waals surface area contributed by atoms with Gasteiger partial charge < -0.3 is 24.8 Å². The fourth-order valence-electron chi connectivity index (χ4n) is 7.18. The number of rotatable bonds is 10. The first kappa shape index (κ1) is 28.0. The van der Waals surface area contributed by atoms with Gasteiger partial charge in [0.05, 0.1) is 24.7 Å². The second-order valence-corrected chi connectivity index (χ2v) is 11.7. The second kappa shape index (κ2) is 11.6. The second-order valence-electron chi connectivity index (χ2n) is 11.7. The molecule has 6 rings (SSSR count). The Morgan fingerprint density at radius 3 is 2.14 bits per heavy atom. The number of ether oxygens (including phenoxy) is 2. The van der Waals surface area contributed by atoms with Crippen LogP contribution in [0.3, 0.4) is 0 Å². The lowest BCUT2D eigenvalue weighted by molar-refractivity contribution is -0.146.